The van der Waals surface area contributed by atoms with Crippen LogP contribution in [-0.2, 0) is 21.1 Å². The molecule has 0 aromatic heterocycles. The molecule has 0 aliphatic carbocycles. The van der Waals surface area contributed by atoms with E-state index in [1.54, 1.807) is 36.4 Å². The van der Waals surface area contributed by atoms with Gasteiger partial charge >= 0.3 is 5.97 Å². The summed E-state index contributed by atoms with van der Waals surface area (Å²) in [5.74, 6) is -1.87. The van der Waals surface area contributed by atoms with Gasteiger partial charge in [0, 0.05) is 17.1 Å². The minimum Gasteiger partial charge on any atom is -0.480 e. The molecule has 2 atom stereocenters. The number of carboxylic acid groups (broad SMARTS) is 1. The minimum absolute atomic E-state index is 0.0480. The molecule has 3 rings (SSSR count). The number of benzene rings is 3. The maximum atomic E-state index is 13.1. The lowest BCUT2D eigenvalue weighted by Crippen LogP contribution is -2.38. The zero-order valence-corrected chi connectivity index (χ0v) is 21.1. The van der Waals surface area contributed by atoms with Crippen molar-refractivity contribution in [3.63, 3.8) is 0 Å². The average molecular weight is 531 g/mol. The Balaban J connectivity index is 1.59. The summed E-state index contributed by atoms with van der Waals surface area (Å²) in [5, 5.41) is 25.2. The van der Waals surface area contributed by atoms with E-state index in [1.807, 2.05) is 0 Å². The first kappa shape index (κ1) is 27.3. The fourth-order valence-corrected chi connectivity index (χ4v) is 4.93. The topological polar surface area (TPSA) is 133 Å². The van der Waals surface area contributed by atoms with E-state index in [-0.39, 0.29) is 15.4 Å². The number of halogens is 1. The molecule has 0 radical (unpaired) electrons. The highest BCUT2D eigenvalue weighted by Crippen LogP contribution is 2.22. The summed E-state index contributed by atoms with van der Waals surface area (Å²) in [6.45, 7) is 2.25. The molecule has 0 heterocycles. The summed E-state index contributed by atoms with van der Waals surface area (Å²) >= 11 is 5.95. The van der Waals surface area contributed by atoms with E-state index >= 15 is 0 Å². The second-order valence-electron chi connectivity index (χ2n) is 8.23. The molecular formula is C26H27ClN2O6S. The molecule has 0 spiro atoms. The second-order valence-corrected chi connectivity index (χ2v) is 10.6. The van der Waals surface area contributed by atoms with Gasteiger partial charge in [0.1, 0.15) is 6.04 Å². The van der Waals surface area contributed by atoms with Gasteiger partial charge < -0.3 is 20.8 Å². The van der Waals surface area contributed by atoms with Gasteiger partial charge in [0.2, 0.25) is 9.84 Å². The molecule has 0 fully saturated rings. The number of rotatable bonds is 11. The van der Waals surface area contributed by atoms with Gasteiger partial charge in [0.05, 0.1) is 15.9 Å². The molecule has 8 nitrogen and oxygen atoms in total. The summed E-state index contributed by atoms with van der Waals surface area (Å²) in [4.78, 5) is 23.3. The number of nitrogens with one attached hydrogen (secondary N) is 2. The highest BCUT2D eigenvalue weighted by Gasteiger charge is 2.21. The van der Waals surface area contributed by atoms with Crippen LogP contribution in [0.3, 0.4) is 0 Å². The molecule has 0 bridgehead atoms. The van der Waals surface area contributed by atoms with E-state index in [1.165, 1.54) is 43.3 Å². The van der Waals surface area contributed by atoms with E-state index in [0.717, 1.165) is 11.1 Å². The smallest absolute Gasteiger partial charge is 0.325 e. The number of aliphatic carboxylic acids is 1. The molecule has 0 unspecified atom stereocenters. The van der Waals surface area contributed by atoms with Gasteiger partial charge in [-0.3, -0.25) is 9.59 Å². The van der Waals surface area contributed by atoms with Crippen LogP contribution < -0.4 is 10.6 Å². The van der Waals surface area contributed by atoms with Crippen LogP contribution in [0, 0.1) is 0 Å². The first-order chi connectivity index (χ1) is 17.1. The zero-order valence-electron chi connectivity index (χ0n) is 19.5. The molecule has 0 aliphatic heterocycles. The quantitative estimate of drug-likeness (QED) is 0.280. The summed E-state index contributed by atoms with van der Waals surface area (Å²) in [5.41, 5.74) is 1.68. The van der Waals surface area contributed by atoms with Crippen molar-refractivity contribution in [1.29, 1.82) is 0 Å². The Morgan fingerprint density at radius 3 is 2.33 bits per heavy atom. The molecule has 0 saturated heterocycles. The molecule has 0 aliphatic rings. The van der Waals surface area contributed by atoms with Crippen LogP contribution >= 0.6 is 11.6 Å². The Labute approximate surface area is 214 Å². The third-order valence-corrected chi connectivity index (χ3v) is 7.52. The molecule has 3 aromatic carbocycles. The van der Waals surface area contributed by atoms with Crippen LogP contribution in [0.25, 0.3) is 0 Å². The van der Waals surface area contributed by atoms with Gasteiger partial charge in [-0.25, -0.2) is 8.42 Å². The van der Waals surface area contributed by atoms with Crippen molar-refractivity contribution in [2.75, 3.05) is 13.1 Å². The Hall–Kier alpha value is -3.24. The summed E-state index contributed by atoms with van der Waals surface area (Å²) in [7, 11) is -3.88. The molecule has 4 N–H and O–H groups in total. The van der Waals surface area contributed by atoms with E-state index in [2.05, 4.69) is 10.6 Å². The number of sulfone groups is 1. The van der Waals surface area contributed by atoms with Gasteiger partial charge in [0.15, 0.2) is 0 Å². The monoisotopic (exact) mass is 530 g/mol. The number of hydrogen-bond donors (Lipinski definition) is 4. The lowest BCUT2D eigenvalue weighted by molar-refractivity contribution is -0.138. The SMILES string of the molecule is C[C@H](NC(=O)c1cccc(S(=O)(=O)c2ccc(CCNC[C@H](O)c3cccc(Cl)c3)cc2)c1)C(=O)O. The first-order valence-electron chi connectivity index (χ1n) is 11.2. The van der Waals surface area contributed by atoms with Crippen LogP contribution in [0.2, 0.25) is 5.02 Å². The number of amides is 1. The molecule has 10 heteroatoms. The third kappa shape index (κ3) is 7.14. The highest BCUT2D eigenvalue weighted by atomic mass is 35.5. The number of aliphatic hydroxyl groups excluding tert-OH is 1. The lowest BCUT2D eigenvalue weighted by Gasteiger charge is -2.13. The number of aliphatic hydroxyl groups is 1. The van der Waals surface area contributed by atoms with Gasteiger partial charge in [-0.15, -0.1) is 0 Å². The van der Waals surface area contributed by atoms with Crippen molar-refractivity contribution >= 4 is 33.3 Å². The Morgan fingerprint density at radius 2 is 1.67 bits per heavy atom. The van der Waals surface area contributed by atoms with Crippen molar-refractivity contribution in [2.45, 2.75) is 35.3 Å². The summed E-state index contributed by atoms with van der Waals surface area (Å²) in [6.07, 6.45) is -0.0681. The van der Waals surface area contributed by atoms with Crippen LogP contribution in [-0.4, -0.2) is 49.6 Å². The molecule has 36 heavy (non-hydrogen) atoms. The molecule has 1 amide bonds. The number of carbonyl (C=O) groups excluding carboxylic acids is 1. The third-order valence-electron chi connectivity index (χ3n) is 5.52. The standard InChI is InChI=1S/C26H27ClN2O6S/c1-17(26(32)33)29-25(31)20-5-3-7-23(15-20)36(34,35)22-10-8-18(9-11-22)12-13-28-16-24(30)19-4-2-6-21(27)14-19/h2-11,14-15,17,24,28,30H,12-13,16H2,1H3,(H,29,31)(H,32,33)/t17-,24-/m0/s1. The molecule has 190 valence electrons. The van der Waals surface area contributed by atoms with Crippen molar-refractivity contribution in [1.82, 2.24) is 10.6 Å². The van der Waals surface area contributed by atoms with Gasteiger partial charge in [-0.1, -0.05) is 41.9 Å². The van der Waals surface area contributed by atoms with E-state index in [0.29, 0.717) is 24.5 Å². The Bertz CT molecular complexity index is 1330. The Kier molecular flexibility index (Phi) is 9.22. The number of hydrogen-bond acceptors (Lipinski definition) is 6. The predicted octanol–water partition coefficient (Wildman–Crippen LogP) is 3.24. The average Bonchev–Trinajstić information content (AvgIpc) is 2.86. The first-order valence-corrected chi connectivity index (χ1v) is 13.1. The van der Waals surface area contributed by atoms with Crippen molar-refractivity contribution in [3.05, 3.63) is 94.5 Å². The van der Waals surface area contributed by atoms with E-state index < -0.39 is 33.9 Å². The highest BCUT2D eigenvalue weighted by molar-refractivity contribution is 7.91. The largest absolute Gasteiger partial charge is 0.480 e. The van der Waals surface area contributed by atoms with Crippen LogP contribution in [0.5, 0.6) is 0 Å². The van der Waals surface area contributed by atoms with Crippen LogP contribution in [0.1, 0.15) is 34.5 Å². The summed E-state index contributed by atoms with van der Waals surface area (Å²) in [6, 6.07) is 17.8. The second kappa shape index (κ2) is 12.1. The maximum absolute atomic E-state index is 13.1. The van der Waals surface area contributed by atoms with Gasteiger partial charge in [-0.05, 0) is 73.5 Å². The number of carbonyl (C=O) groups is 2. The predicted molar refractivity (Wildman–Crippen MR) is 136 cm³/mol. The van der Waals surface area contributed by atoms with Crippen molar-refractivity contribution in [3.8, 4) is 0 Å². The fourth-order valence-electron chi connectivity index (χ4n) is 3.42. The Morgan fingerprint density at radius 1 is 0.972 bits per heavy atom. The van der Waals surface area contributed by atoms with Crippen LogP contribution in [0.4, 0.5) is 0 Å². The lowest BCUT2D eigenvalue weighted by atomic mass is 10.1. The van der Waals surface area contributed by atoms with E-state index in [4.69, 9.17) is 16.7 Å². The van der Waals surface area contributed by atoms with Crippen LogP contribution in [0.15, 0.2) is 82.6 Å². The molecular weight excluding hydrogens is 504 g/mol. The van der Waals surface area contributed by atoms with Gasteiger partial charge in [0.25, 0.3) is 5.91 Å². The fraction of sp³-hybridized carbons (Fsp3) is 0.231. The number of carboxylic acids is 1. The minimum atomic E-state index is -3.88. The summed E-state index contributed by atoms with van der Waals surface area (Å²) < 4.78 is 26.1. The maximum Gasteiger partial charge on any atom is 0.325 e. The van der Waals surface area contributed by atoms with Crippen molar-refractivity contribution < 1.29 is 28.2 Å². The molecule has 3 aromatic rings. The normalized spacial score (nSPS) is 13.1. The van der Waals surface area contributed by atoms with Gasteiger partial charge in [-0.2, -0.15) is 0 Å². The van der Waals surface area contributed by atoms with Crippen molar-refractivity contribution in [2.24, 2.45) is 0 Å². The van der Waals surface area contributed by atoms with E-state index in [9.17, 15) is 23.1 Å². The zero-order chi connectivity index (χ0) is 26.3. The molecule has 0 saturated carbocycles.